The van der Waals surface area contributed by atoms with E-state index in [0.29, 0.717) is 23.6 Å². The second kappa shape index (κ2) is 11.0. The number of likely N-dealkylation sites (tertiary alicyclic amines) is 1. The molecule has 0 amide bonds. The Morgan fingerprint density at radius 3 is 2.52 bits per heavy atom. The fraction of sp³-hybridized carbons (Fsp3) is 0.423. The average molecular weight is 450 g/mol. The Hall–Kier alpha value is -3.35. The van der Waals surface area contributed by atoms with Crippen molar-refractivity contribution in [1.29, 1.82) is 10.8 Å². The highest BCUT2D eigenvalue weighted by Gasteiger charge is 2.26. The summed E-state index contributed by atoms with van der Waals surface area (Å²) in [4.78, 5) is 17.2. The van der Waals surface area contributed by atoms with Gasteiger partial charge >= 0.3 is 5.97 Å². The molecule has 33 heavy (non-hydrogen) atoms. The van der Waals surface area contributed by atoms with Crippen LogP contribution in [0.5, 0.6) is 5.75 Å². The average Bonchev–Trinajstić information content (AvgIpc) is 3.35. The number of carbonyl (C=O) groups excluding carboxylic acids is 1. The van der Waals surface area contributed by atoms with E-state index < -0.39 is 6.04 Å². The number of ether oxygens (including phenoxy) is 1. The van der Waals surface area contributed by atoms with E-state index in [1.54, 1.807) is 12.1 Å². The van der Waals surface area contributed by atoms with Crippen LogP contribution in [0.25, 0.3) is 0 Å². The molecule has 0 unspecified atom stereocenters. The molecule has 3 rings (SSSR count). The summed E-state index contributed by atoms with van der Waals surface area (Å²) >= 11 is 0. The predicted molar refractivity (Wildman–Crippen MR) is 134 cm³/mol. The maximum absolute atomic E-state index is 13.3. The Bertz CT molecular complexity index is 1010. The van der Waals surface area contributed by atoms with Crippen LogP contribution in [-0.2, 0) is 4.79 Å². The number of benzene rings is 2. The van der Waals surface area contributed by atoms with Crippen molar-refractivity contribution in [2.75, 3.05) is 25.0 Å². The Kier molecular flexibility index (Phi) is 8.09. The molecule has 1 aliphatic heterocycles. The predicted octanol–water partition coefficient (Wildman–Crippen LogP) is 4.30. The van der Waals surface area contributed by atoms with Crippen molar-refractivity contribution in [2.45, 2.75) is 52.0 Å². The van der Waals surface area contributed by atoms with Crippen molar-refractivity contribution in [3.05, 3.63) is 59.2 Å². The Morgan fingerprint density at radius 2 is 1.88 bits per heavy atom. The number of anilines is 1. The Balaban J connectivity index is 1.77. The van der Waals surface area contributed by atoms with E-state index in [4.69, 9.17) is 21.3 Å². The summed E-state index contributed by atoms with van der Waals surface area (Å²) in [6.45, 7) is 5.84. The number of esters is 1. The van der Waals surface area contributed by atoms with Gasteiger partial charge in [-0.2, -0.15) is 0 Å². The number of nitrogens with zero attached hydrogens (tertiary/aromatic N) is 2. The van der Waals surface area contributed by atoms with Gasteiger partial charge in [0.2, 0.25) is 0 Å². The number of nitrogens with two attached hydrogens (primary N) is 1. The molecular weight excluding hydrogens is 414 g/mol. The molecule has 2 aromatic carbocycles. The quantitative estimate of drug-likeness (QED) is 0.229. The van der Waals surface area contributed by atoms with Gasteiger partial charge in [-0.15, -0.1) is 0 Å². The van der Waals surface area contributed by atoms with Crippen molar-refractivity contribution in [2.24, 2.45) is 5.73 Å². The molecule has 176 valence electrons. The third-order valence-corrected chi connectivity index (χ3v) is 6.22. The van der Waals surface area contributed by atoms with E-state index in [1.807, 2.05) is 49.2 Å². The maximum atomic E-state index is 13.3. The lowest BCUT2D eigenvalue weighted by Crippen LogP contribution is -2.41. The maximum Gasteiger partial charge on any atom is 0.334 e. The summed E-state index contributed by atoms with van der Waals surface area (Å²) < 4.78 is 5.85. The van der Waals surface area contributed by atoms with Gasteiger partial charge in [0.05, 0.1) is 0 Å². The lowest BCUT2D eigenvalue weighted by atomic mass is 10.1. The number of rotatable bonds is 9. The van der Waals surface area contributed by atoms with E-state index in [9.17, 15) is 4.79 Å². The summed E-state index contributed by atoms with van der Waals surface area (Å²) in [6, 6.07) is 12.4. The first kappa shape index (κ1) is 24.3. The molecular formula is C26H35N5O2. The molecule has 2 aromatic rings. The zero-order chi connectivity index (χ0) is 24.0. The second-order valence-corrected chi connectivity index (χ2v) is 8.68. The SMILES string of the molecule is CCCC[C@@H](C(=O)Oc1ccc(C(=N)N2CCCC2)cc1C)N(C)c1cccc(C(=N)N)c1. The van der Waals surface area contributed by atoms with Crippen LogP contribution in [0, 0.1) is 17.7 Å². The van der Waals surface area contributed by atoms with Crippen LogP contribution in [0.3, 0.4) is 0 Å². The number of nitrogen functional groups attached to an aromatic ring is 1. The van der Waals surface area contributed by atoms with Gasteiger partial charge in [-0.05, 0) is 62.1 Å². The molecule has 1 saturated heterocycles. The van der Waals surface area contributed by atoms with Gasteiger partial charge in [0.25, 0.3) is 0 Å². The normalized spacial score (nSPS) is 14.1. The van der Waals surface area contributed by atoms with E-state index in [2.05, 4.69) is 11.8 Å². The minimum absolute atomic E-state index is 0.00635. The van der Waals surface area contributed by atoms with Gasteiger partial charge in [0.1, 0.15) is 23.5 Å². The molecule has 7 nitrogen and oxygen atoms in total. The van der Waals surface area contributed by atoms with Crippen molar-refractivity contribution >= 4 is 23.3 Å². The van der Waals surface area contributed by atoms with E-state index in [1.165, 1.54) is 0 Å². The number of hydrogen-bond donors (Lipinski definition) is 3. The standard InChI is InChI=1S/C26H35N5O2/c1-4-5-11-22(30(3)21-10-8-9-19(17-21)24(27)28)26(32)33-23-13-12-20(16-18(23)2)25(29)31-14-6-7-15-31/h8-10,12-13,16-17,22,29H,4-7,11,14-15H2,1-3H3,(H3,27,28)/t22-/m0/s1. The Morgan fingerprint density at radius 1 is 1.15 bits per heavy atom. The molecule has 0 aliphatic carbocycles. The zero-order valence-electron chi connectivity index (χ0n) is 19.9. The highest BCUT2D eigenvalue weighted by atomic mass is 16.5. The minimum atomic E-state index is -0.464. The van der Waals surface area contributed by atoms with Crippen molar-refractivity contribution in [3.63, 3.8) is 0 Å². The summed E-state index contributed by atoms with van der Waals surface area (Å²) in [5.74, 6) is 0.725. The number of nitrogens with one attached hydrogen (secondary N) is 2. The van der Waals surface area contributed by atoms with Gasteiger partial charge in [-0.3, -0.25) is 10.8 Å². The topological polar surface area (TPSA) is 107 Å². The highest BCUT2D eigenvalue weighted by Crippen LogP contribution is 2.25. The molecule has 1 atom stereocenters. The molecule has 0 saturated carbocycles. The zero-order valence-corrected chi connectivity index (χ0v) is 19.9. The molecule has 0 radical (unpaired) electrons. The highest BCUT2D eigenvalue weighted by molar-refractivity contribution is 5.97. The number of hydrogen-bond acceptors (Lipinski definition) is 5. The van der Waals surface area contributed by atoms with Crippen molar-refractivity contribution in [3.8, 4) is 5.75 Å². The molecule has 1 fully saturated rings. The molecule has 0 aromatic heterocycles. The number of aryl methyl sites for hydroxylation is 1. The third-order valence-electron chi connectivity index (χ3n) is 6.22. The van der Waals surface area contributed by atoms with Crippen LogP contribution in [-0.4, -0.2) is 48.7 Å². The van der Waals surface area contributed by atoms with Gasteiger partial charge in [-0.25, -0.2) is 4.79 Å². The lowest BCUT2D eigenvalue weighted by Gasteiger charge is -2.29. The lowest BCUT2D eigenvalue weighted by molar-refractivity contribution is -0.136. The number of carbonyl (C=O) groups is 1. The van der Waals surface area contributed by atoms with Crippen LogP contribution in [0.15, 0.2) is 42.5 Å². The summed E-state index contributed by atoms with van der Waals surface area (Å²) in [5.41, 5.74) is 8.75. The summed E-state index contributed by atoms with van der Waals surface area (Å²) in [5, 5.41) is 16.2. The van der Waals surface area contributed by atoms with Crippen LogP contribution in [0.1, 0.15) is 55.7 Å². The monoisotopic (exact) mass is 449 g/mol. The first-order chi connectivity index (χ1) is 15.8. The Labute approximate surface area is 196 Å². The van der Waals surface area contributed by atoms with Crippen LogP contribution in [0.2, 0.25) is 0 Å². The molecule has 1 aliphatic rings. The fourth-order valence-electron chi connectivity index (χ4n) is 4.15. The number of likely N-dealkylation sites (N-methyl/N-ethyl adjacent to an activating group) is 1. The first-order valence-corrected chi connectivity index (χ1v) is 11.6. The number of unbranched alkanes of at least 4 members (excludes halogenated alkanes) is 1. The van der Waals surface area contributed by atoms with Crippen molar-refractivity contribution < 1.29 is 9.53 Å². The smallest absolute Gasteiger partial charge is 0.334 e. The van der Waals surface area contributed by atoms with Crippen LogP contribution >= 0.6 is 0 Å². The van der Waals surface area contributed by atoms with E-state index in [0.717, 1.165) is 55.6 Å². The molecule has 0 spiro atoms. The summed E-state index contributed by atoms with van der Waals surface area (Å²) in [7, 11) is 1.87. The summed E-state index contributed by atoms with van der Waals surface area (Å²) in [6.07, 6.45) is 4.77. The largest absolute Gasteiger partial charge is 0.425 e. The third kappa shape index (κ3) is 5.92. The van der Waals surface area contributed by atoms with Crippen LogP contribution < -0.4 is 15.4 Å². The first-order valence-electron chi connectivity index (χ1n) is 11.6. The van der Waals surface area contributed by atoms with Gasteiger partial charge in [-0.1, -0.05) is 31.9 Å². The number of amidine groups is 2. The minimum Gasteiger partial charge on any atom is -0.425 e. The van der Waals surface area contributed by atoms with Crippen molar-refractivity contribution in [1.82, 2.24) is 4.90 Å². The van der Waals surface area contributed by atoms with Gasteiger partial charge < -0.3 is 20.3 Å². The van der Waals surface area contributed by atoms with Gasteiger partial charge in [0.15, 0.2) is 0 Å². The molecule has 7 heteroatoms. The van der Waals surface area contributed by atoms with E-state index >= 15 is 0 Å². The van der Waals surface area contributed by atoms with E-state index in [-0.39, 0.29) is 11.8 Å². The molecule has 0 bridgehead atoms. The molecule has 1 heterocycles. The molecule has 4 N–H and O–H groups in total. The van der Waals surface area contributed by atoms with Gasteiger partial charge in [0, 0.05) is 37.0 Å². The van der Waals surface area contributed by atoms with Crippen LogP contribution in [0.4, 0.5) is 5.69 Å². The second-order valence-electron chi connectivity index (χ2n) is 8.68. The fourth-order valence-corrected chi connectivity index (χ4v) is 4.15.